The molecule has 2 heterocycles. The van der Waals surface area contributed by atoms with E-state index in [0.717, 1.165) is 41.5 Å². The summed E-state index contributed by atoms with van der Waals surface area (Å²) in [6.07, 6.45) is 4.10. The molecule has 1 atom stereocenters. The lowest BCUT2D eigenvalue weighted by Crippen LogP contribution is -2.16. The summed E-state index contributed by atoms with van der Waals surface area (Å²) in [7, 11) is 0. The van der Waals surface area contributed by atoms with Gasteiger partial charge in [0.1, 0.15) is 17.4 Å². The summed E-state index contributed by atoms with van der Waals surface area (Å²) in [5.41, 5.74) is 2.37. The van der Waals surface area contributed by atoms with Crippen molar-refractivity contribution in [2.24, 2.45) is 0 Å². The van der Waals surface area contributed by atoms with Crippen LogP contribution >= 0.6 is 11.3 Å². The molecule has 0 spiro atoms. The molecule has 27 heavy (non-hydrogen) atoms. The molecule has 2 aromatic carbocycles. The van der Waals surface area contributed by atoms with Crippen molar-refractivity contribution in [1.29, 1.82) is 0 Å². The number of aromatic nitrogens is 1. The Balaban J connectivity index is 1.33. The second-order valence-electron chi connectivity index (χ2n) is 6.34. The fraction of sp³-hybridized carbons (Fsp3) is 0.238. The molecule has 1 N–H and O–H groups in total. The first-order valence-corrected chi connectivity index (χ1v) is 9.82. The third kappa shape index (κ3) is 4.53. The van der Waals surface area contributed by atoms with Crippen molar-refractivity contribution in [2.45, 2.75) is 18.9 Å². The number of benzene rings is 2. The summed E-state index contributed by atoms with van der Waals surface area (Å²) in [6.45, 7) is 1.37. The second kappa shape index (κ2) is 8.33. The zero-order valence-electron chi connectivity index (χ0n) is 14.8. The summed E-state index contributed by atoms with van der Waals surface area (Å²) in [5, 5.41) is 5.82. The van der Waals surface area contributed by atoms with Gasteiger partial charge in [-0.3, -0.25) is 4.79 Å². The summed E-state index contributed by atoms with van der Waals surface area (Å²) >= 11 is 1.59. The second-order valence-corrected chi connectivity index (χ2v) is 7.23. The molecule has 0 aliphatic carbocycles. The van der Waals surface area contributed by atoms with Crippen molar-refractivity contribution in [2.75, 3.05) is 18.5 Å². The lowest BCUT2D eigenvalue weighted by atomic mass is 10.2. The largest absolute Gasteiger partial charge is 0.491 e. The number of carbonyl (C=O) groups excluding carboxylic acids is 1. The molecule has 1 aromatic heterocycles. The van der Waals surface area contributed by atoms with Gasteiger partial charge in [-0.15, -0.1) is 11.3 Å². The van der Waals surface area contributed by atoms with Crippen molar-refractivity contribution in [1.82, 2.24) is 4.98 Å². The van der Waals surface area contributed by atoms with E-state index in [1.54, 1.807) is 29.7 Å². The van der Waals surface area contributed by atoms with Crippen LogP contribution in [0.1, 0.15) is 23.2 Å². The molecule has 1 aliphatic heterocycles. The van der Waals surface area contributed by atoms with Gasteiger partial charge in [-0.05, 0) is 61.4 Å². The fourth-order valence-corrected chi connectivity index (χ4v) is 3.58. The minimum Gasteiger partial charge on any atom is -0.491 e. The van der Waals surface area contributed by atoms with Gasteiger partial charge in [0, 0.05) is 35.0 Å². The Kier molecular flexibility index (Phi) is 5.46. The topological polar surface area (TPSA) is 60.5 Å². The van der Waals surface area contributed by atoms with Crippen molar-refractivity contribution >= 4 is 22.9 Å². The summed E-state index contributed by atoms with van der Waals surface area (Å²) in [4.78, 5) is 16.7. The van der Waals surface area contributed by atoms with Crippen LogP contribution in [0.4, 0.5) is 5.69 Å². The lowest BCUT2D eigenvalue weighted by Gasteiger charge is -2.12. The normalized spacial score (nSPS) is 16.2. The third-order valence-corrected chi connectivity index (χ3v) is 5.22. The van der Waals surface area contributed by atoms with Crippen molar-refractivity contribution < 1.29 is 14.3 Å². The molecule has 3 aromatic rings. The SMILES string of the molecule is O=C(Nc1ccc(-c2nccs2)cc1)c1ccc(OC[C@H]2CCCO2)cc1. The molecule has 0 saturated carbocycles. The third-order valence-electron chi connectivity index (χ3n) is 4.40. The summed E-state index contributed by atoms with van der Waals surface area (Å²) in [6, 6.07) is 14.8. The Morgan fingerprint density at radius 3 is 2.67 bits per heavy atom. The van der Waals surface area contributed by atoms with E-state index in [1.807, 2.05) is 41.8 Å². The van der Waals surface area contributed by atoms with Crippen LogP contribution in [0, 0.1) is 0 Å². The minimum atomic E-state index is -0.150. The molecule has 1 aliphatic rings. The highest BCUT2D eigenvalue weighted by Gasteiger charge is 2.16. The number of hydrogen-bond donors (Lipinski definition) is 1. The number of hydrogen-bond acceptors (Lipinski definition) is 5. The predicted molar refractivity (Wildman–Crippen MR) is 106 cm³/mol. The van der Waals surface area contributed by atoms with Crippen LogP contribution < -0.4 is 10.1 Å². The van der Waals surface area contributed by atoms with Crippen molar-refractivity contribution in [3.63, 3.8) is 0 Å². The van der Waals surface area contributed by atoms with Crippen LogP contribution in [0.5, 0.6) is 5.75 Å². The van der Waals surface area contributed by atoms with Gasteiger partial charge in [0.25, 0.3) is 5.91 Å². The van der Waals surface area contributed by atoms with E-state index in [9.17, 15) is 4.79 Å². The molecule has 0 bridgehead atoms. The van der Waals surface area contributed by atoms with Gasteiger partial charge in [0.05, 0.1) is 6.10 Å². The van der Waals surface area contributed by atoms with Gasteiger partial charge in [-0.1, -0.05) is 0 Å². The van der Waals surface area contributed by atoms with E-state index < -0.39 is 0 Å². The molecule has 0 radical (unpaired) electrons. The fourth-order valence-electron chi connectivity index (χ4n) is 2.93. The number of carbonyl (C=O) groups is 1. The smallest absolute Gasteiger partial charge is 0.255 e. The van der Waals surface area contributed by atoms with E-state index in [2.05, 4.69) is 10.3 Å². The van der Waals surface area contributed by atoms with Gasteiger partial charge in [-0.2, -0.15) is 0 Å². The molecule has 4 rings (SSSR count). The van der Waals surface area contributed by atoms with Gasteiger partial charge < -0.3 is 14.8 Å². The predicted octanol–water partition coefficient (Wildman–Crippen LogP) is 4.62. The molecule has 6 heteroatoms. The highest BCUT2D eigenvalue weighted by Crippen LogP contribution is 2.23. The first-order chi connectivity index (χ1) is 13.3. The van der Waals surface area contributed by atoms with Gasteiger partial charge in [-0.25, -0.2) is 4.98 Å². The van der Waals surface area contributed by atoms with Crippen LogP contribution in [0.15, 0.2) is 60.1 Å². The monoisotopic (exact) mass is 380 g/mol. The van der Waals surface area contributed by atoms with E-state index >= 15 is 0 Å². The standard InChI is InChI=1S/C21H20N2O3S/c24-20(23-17-7-3-16(4-8-17)21-22-11-13-27-21)15-5-9-18(10-6-15)26-14-19-2-1-12-25-19/h3-11,13,19H,1-2,12,14H2,(H,23,24)/t19-/m1/s1. The first kappa shape index (κ1) is 17.7. The number of nitrogens with zero attached hydrogens (tertiary/aromatic N) is 1. The van der Waals surface area contributed by atoms with E-state index in [0.29, 0.717) is 12.2 Å². The number of nitrogens with one attached hydrogen (secondary N) is 1. The average molecular weight is 380 g/mol. The average Bonchev–Trinajstić information content (AvgIpc) is 3.41. The lowest BCUT2D eigenvalue weighted by molar-refractivity contribution is 0.0679. The Morgan fingerprint density at radius 2 is 2.00 bits per heavy atom. The molecule has 1 fully saturated rings. The number of rotatable bonds is 6. The van der Waals surface area contributed by atoms with E-state index in [4.69, 9.17) is 9.47 Å². The number of amides is 1. The maximum atomic E-state index is 12.4. The maximum absolute atomic E-state index is 12.4. The summed E-state index contributed by atoms with van der Waals surface area (Å²) < 4.78 is 11.3. The van der Waals surface area contributed by atoms with E-state index in [1.165, 1.54) is 0 Å². The zero-order valence-corrected chi connectivity index (χ0v) is 15.6. The first-order valence-electron chi connectivity index (χ1n) is 8.94. The highest BCUT2D eigenvalue weighted by molar-refractivity contribution is 7.13. The van der Waals surface area contributed by atoms with Crippen molar-refractivity contribution in [3.8, 4) is 16.3 Å². The molecule has 5 nitrogen and oxygen atoms in total. The van der Waals surface area contributed by atoms with Crippen molar-refractivity contribution in [3.05, 3.63) is 65.7 Å². The highest BCUT2D eigenvalue weighted by atomic mass is 32.1. The molecular formula is C21H20N2O3S. The maximum Gasteiger partial charge on any atom is 0.255 e. The Labute approximate surface area is 162 Å². The van der Waals surface area contributed by atoms with Crippen LogP contribution in [0.2, 0.25) is 0 Å². The van der Waals surface area contributed by atoms with Gasteiger partial charge in [0.2, 0.25) is 0 Å². The molecule has 138 valence electrons. The summed E-state index contributed by atoms with van der Waals surface area (Å²) in [5.74, 6) is 0.595. The minimum absolute atomic E-state index is 0.150. The quantitative estimate of drug-likeness (QED) is 0.678. The van der Waals surface area contributed by atoms with E-state index in [-0.39, 0.29) is 12.0 Å². The molecule has 0 unspecified atom stereocenters. The Hall–Kier alpha value is -2.70. The van der Waals surface area contributed by atoms with Crippen LogP contribution in [0.25, 0.3) is 10.6 Å². The Bertz CT molecular complexity index is 871. The molecule has 1 saturated heterocycles. The van der Waals surface area contributed by atoms with Crippen LogP contribution in [-0.2, 0) is 4.74 Å². The van der Waals surface area contributed by atoms with Gasteiger partial charge >= 0.3 is 0 Å². The zero-order chi connectivity index (χ0) is 18.5. The number of ether oxygens (including phenoxy) is 2. The van der Waals surface area contributed by atoms with Gasteiger partial charge in [0.15, 0.2) is 0 Å². The Morgan fingerprint density at radius 1 is 1.19 bits per heavy atom. The number of anilines is 1. The number of thiazole rings is 1. The van der Waals surface area contributed by atoms with Crippen LogP contribution in [0.3, 0.4) is 0 Å². The molecule has 1 amide bonds. The van der Waals surface area contributed by atoms with Crippen LogP contribution in [-0.4, -0.2) is 30.2 Å². The molecular weight excluding hydrogens is 360 g/mol.